The van der Waals surface area contributed by atoms with Gasteiger partial charge in [-0.2, -0.15) is 4.31 Å². The van der Waals surface area contributed by atoms with Gasteiger partial charge >= 0.3 is 5.97 Å². The average molecular weight is 493 g/mol. The first kappa shape index (κ1) is 23.7. The fraction of sp³-hybridized carbons (Fsp3) is 0.391. The molecule has 0 radical (unpaired) electrons. The number of sulfonamides is 1. The van der Waals surface area contributed by atoms with Crippen LogP contribution in [0.2, 0.25) is 5.02 Å². The van der Waals surface area contributed by atoms with Crippen molar-refractivity contribution in [3.05, 3.63) is 64.2 Å². The van der Waals surface area contributed by atoms with Crippen LogP contribution in [0.5, 0.6) is 0 Å². The summed E-state index contributed by atoms with van der Waals surface area (Å²) in [5, 5.41) is 0.00847. The van der Waals surface area contributed by atoms with Crippen molar-refractivity contribution in [1.82, 2.24) is 9.21 Å². The van der Waals surface area contributed by atoms with Crippen LogP contribution in [-0.4, -0.2) is 68.5 Å². The van der Waals surface area contributed by atoms with Crippen LogP contribution in [0.3, 0.4) is 0 Å². The number of rotatable bonds is 5. The molecule has 0 spiro atoms. The van der Waals surface area contributed by atoms with Crippen LogP contribution in [-0.2, 0) is 37.3 Å². The Morgan fingerprint density at radius 3 is 2.48 bits per heavy atom. The quantitative estimate of drug-likeness (QED) is 0.595. The highest BCUT2D eigenvalue weighted by atomic mass is 35.5. The average Bonchev–Trinajstić information content (AvgIpc) is 2.83. The lowest BCUT2D eigenvalue weighted by Gasteiger charge is -2.30. The van der Waals surface area contributed by atoms with Crippen molar-refractivity contribution in [2.75, 3.05) is 32.8 Å². The summed E-state index contributed by atoms with van der Waals surface area (Å²) in [7, 11) is -3.90. The van der Waals surface area contributed by atoms with Gasteiger partial charge in [0.15, 0.2) is 6.10 Å². The lowest BCUT2D eigenvalue weighted by Crippen LogP contribution is -2.42. The van der Waals surface area contributed by atoms with E-state index < -0.39 is 22.1 Å². The molecule has 1 fully saturated rings. The molecule has 2 aliphatic rings. The summed E-state index contributed by atoms with van der Waals surface area (Å²) in [4.78, 5) is 27.1. The standard InChI is InChI=1S/C23H25ClN2O6S/c1-16(22(27)25-9-8-17-4-2-3-5-19(17)15-25)32-23(28)18-6-7-20(24)21(14-18)33(29,30)26-10-12-31-13-11-26/h2-7,14,16H,8-13,15H2,1H3. The Labute approximate surface area is 198 Å². The van der Waals surface area contributed by atoms with Crippen molar-refractivity contribution < 1.29 is 27.5 Å². The van der Waals surface area contributed by atoms with Gasteiger partial charge in [0.25, 0.3) is 5.91 Å². The second kappa shape index (κ2) is 9.80. The van der Waals surface area contributed by atoms with Crippen molar-refractivity contribution in [2.24, 2.45) is 0 Å². The molecule has 2 heterocycles. The number of hydrogen-bond acceptors (Lipinski definition) is 6. The largest absolute Gasteiger partial charge is 0.449 e. The molecule has 1 atom stereocenters. The fourth-order valence-electron chi connectivity index (χ4n) is 3.97. The molecule has 0 aliphatic carbocycles. The van der Waals surface area contributed by atoms with Crippen LogP contribution in [0, 0.1) is 0 Å². The summed E-state index contributed by atoms with van der Waals surface area (Å²) in [6.45, 7) is 3.51. The number of morpholine rings is 1. The van der Waals surface area contributed by atoms with Gasteiger partial charge in [0.1, 0.15) is 4.90 Å². The first-order chi connectivity index (χ1) is 15.8. The summed E-state index contributed by atoms with van der Waals surface area (Å²) in [5.41, 5.74) is 2.29. The monoisotopic (exact) mass is 492 g/mol. The zero-order valence-electron chi connectivity index (χ0n) is 18.2. The minimum absolute atomic E-state index is 0.00847. The molecule has 2 aromatic carbocycles. The molecule has 2 aromatic rings. The maximum absolute atomic E-state index is 13.0. The Hall–Kier alpha value is -2.46. The molecule has 0 N–H and O–H groups in total. The second-order valence-electron chi connectivity index (χ2n) is 7.99. The van der Waals surface area contributed by atoms with E-state index in [9.17, 15) is 18.0 Å². The van der Waals surface area contributed by atoms with Crippen LogP contribution in [0.25, 0.3) is 0 Å². The van der Waals surface area contributed by atoms with Gasteiger partial charge in [-0.3, -0.25) is 4.79 Å². The van der Waals surface area contributed by atoms with Crippen LogP contribution >= 0.6 is 11.6 Å². The van der Waals surface area contributed by atoms with Gasteiger partial charge in [0, 0.05) is 26.2 Å². The summed E-state index contributed by atoms with van der Waals surface area (Å²) >= 11 is 6.15. The third-order valence-corrected chi connectivity index (χ3v) is 8.21. The number of amides is 1. The second-order valence-corrected chi connectivity index (χ2v) is 10.3. The molecule has 1 amide bonds. The molecule has 0 aromatic heterocycles. The molecule has 8 nitrogen and oxygen atoms in total. The van der Waals surface area contributed by atoms with Gasteiger partial charge in [-0.15, -0.1) is 0 Å². The van der Waals surface area contributed by atoms with Gasteiger partial charge in [-0.25, -0.2) is 13.2 Å². The Kier molecular flexibility index (Phi) is 7.04. The number of esters is 1. The number of carbonyl (C=O) groups excluding carboxylic acids is 2. The molecule has 0 saturated carbocycles. The Bertz CT molecular complexity index is 1160. The lowest BCUT2D eigenvalue weighted by molar-refractivity contribution is -0.140. The minimum Gasteiger partial charge on any atom is -0.449 e. The van der Waals surface area contributed by atoms with E-state index in [0.717, 1.165) is 12.0 Å². The molecular weight excluding hydrogens is 468 g/mol. The number of halogens is 1. The Morgan fingerprint density at radius 1 is 1.06 bits per heavy atom. The number of benzene rings is 2. The van der Waals surface area contributed by atoms with E-state index in [-0.39, 0.29) is 34.5 Å². The normalized spacial score (nSPS) is 17.8. The predicted octanol–water partition coefficient (Wildman–Crippen LogP) is 2.49. The van der Waals surface area contributed by atoms with Crippen molar-refractivity contribution >= 4 is 33.5 Å². The van der Waals surface area contributed by atoms with Gasteiger partial charge in [-0.05, 0) is 42.7 Å². The van der Waals surface area contributed by atoms with E-state index >= 15 is 0 Å². The van der Waals surface area contributed by atoms with Crippen LogP contribution in [0.4, 0.5) is 0 Å². The maximum Gasteiger partial charge on any atom is 0.338 e. The number of hydrogen-bond donors (Lipinski definition) is 0. The predicted molar refractivity (Wildman–Crippen MR) is 121 cm³/mol. The smallest absolute Gasteiger partial charge is 0.338 e. The molecule has 33 heavy (non-hydrogen) atoms. The van der Waals surface area contributed by atoms with E-state index in [2.05, 4.69) is 0 Å². The SMILES string of the molecule is CC(OC(=O)c1ccc(Cl)c(S(=O)(=O)N2CCOCC2)c1)C(=O)N1CCc2ccccc2C1. The highest BCUT2D eigenvalue weighted by Gasteiger charge is 2.31. The number of nitrogens with zero attached hydrogens (tertiary/aromatic N) is 2. The van der Waals surface area contributed by atoms with Crippen LogP contribution < -0.4 is 0 Å². The summed E-state index contributed by atoms with van der Waals surface area (Å²) in [5.74, 6) is -1.09. The zero-order valence-corrected chi connectivity index (χ0v) is 19.8. The van der Waals surface area contributed by atoms with Gasteiger partial charge in [-0.1, -0.05) is 35.9 Å². The minimum atomic E-state index is -3.90. The highest BCUT2D eigenvalue weighted by molar-refractivity contribution is 7.89. The zero-order chi connectivity index (χ0) is 23.6. The first-order valence-corrected chi connectivity index (χ1v) is 12.5. The summed E-state index contributed by atoms with van der Waals surface area (Å²) in [6.07, 6.45) is -0.277. The Morgan fingerprint density at radius 2 is 1.76 bits per heavy atom. The van der Waals surface area contributed by atoms with Crippen molar-refractivity contribution in [2.45, 2.75) is 30.9 Å². The molecule has 0 bridgehead atoms. The van der Waals surface area contributed by atoms with Gasteiger partial charge in [0.05, 0.1) is 23.8 Å². The molecule has 176 valence electrons. The van der Waals surface area contributed by atoms with Crippen molar-refractivity contribution in [3.8, 4) is 0 Å². The summed E-state index contributed by atoms with van der Waals surface area (Å²) < 4.78 is 37.9. The topological polar surface area (TPSA) is 93.2 Å². The molecule has 1 saturated heterocycles. The van der Waals surface area contributed by atoms with Crippen LogP contribution in [0.1, 0.15) is 28.4 Å². The number of carbonyl (C=O) groups is 2. The van der Waals surface area contributed by atoms with E-state index in [0.29, 0.717) is 26.3 Å². The number of ether oxygens (including phenoxy) is 2. The van der Waals surface area contributed by atoms with Crippen molar-refractivity contribution in [3.63, 3.8) is 0 Å². The van der Waals surface area contributed by atoms with Crippen LogP contribution in [0.15, 0.2) is 47.4 Å². The molecule has 10 heteroatoms. The third-order valence-electron chi connectivity index (χ3n) is 5.83. The number of fused-ring (bicyclic) bond motifs is 1. The van der Waals surface area contributed by atoms with E-state index in [1.807, 2.05) is 24.3 Å². The molecule has 1 unspecified atom stereocenters. The molecule has 2 aliphatic heterocycles. The lowest BCUT2D eigenvalue weighted by atomic mass is 9.99. The van der Waals surface area contributed by atoms with Crippen molar-refractivity contribution in [1.29, 1.82) is 0 Å². The van der Waals surface area contributed by atoms with E-state index in [1.54, 1.807) is 4.90 Å². The third kappa shape index (κ3) is 5.06. The Balaban J connectivity index is 1.46. The highest BCUT2D eigenvalue weighted by Crippen LogP contribution is 2.27. The fourth-order valence-corrected chi connectivity index (χ4v) is 5.88. The van der Waals surface area contributed by atoms with E-state index in [1.165, 1.54) is 35.0 Å². The van der Waals surface area contributed by atoms with E-state index in [4.69, 9.17) is 21.1 Å². The molecular formula is C23H25ClN2O6S. The maximum atomic E-state index is 13.0. The summed E-state index contributed by atoms with van der Waals surface area (Å²) in [6, 6.07) is 11.9. The first-order valence-electron chi connectivity index (χ1n) is 10.7. The van der Waals surface area contributed by atoms with Gasteiger partial charge in [0.2, 0.25) is 10.0 Å². The molecule has 4 rings (SSSR count). The van der Waals surface area contributed by atoms with Gasteiger partial charge < -0.3 is 14.4 Å².